The van der Waals surface area contributed by atoms with Crippen LogP contribution in [-0.2, 0) is 6.54 Å². The Morgan fingerprint density at radius 2 is 2.10 bits per heavy atom. The fourth-order valence-corrected chi connectivity index (χ4v) is 2.22. The summed E-state index contributed by atoms with van der Waals surface area (Å²) in [6.07, 6.45) is 0. The smallest absolute Gasteiger partial charge is 0.272 e. The second-order valence-corrected chi connectivity index (χ2v) is 5.19. The fourth-order valence-electron chi connectivity index (χ4n) is 1.86. The van der Waals surface area contributed by atoms with E-state index in [0.717, 1.165) is 10.5 Å². The van der Waals surface area contributed by atoms with Crippen LogP contribution >= 0.6 is 15.9 Å². The number of halogens is 2. The summed E-state index contributed by atoms with van der Waals surface area (Å²) < 4.78 is 19.4. The molecule has 2 rings (SSSR count). The Kier molecular flexibility index (Phi) is 4.74. The molecule has 2 aromatic rings. The summed E-state index contributed by atoms with van der Waals surface area (Å²) >= 11 is 3.35. The Balaban J connectivity index is 2.20. The molecule has 21 heavy (non-hydrogen) atoms. The van der Waals surface area contributed by atoms with Crippen LogP contribution in [0.5, 0.6) is 5.75 Å². The highest BCUT2D eigenvalue weighted by Crippen LogP contribution is 2.28. The zero-order valence-electron chi connectivity index (χ0n) is 11.1. The number of methoxy groups -OCH3 is 1. The van der Waals surface area contributed by atoms with Crippen molar-refractivity contribution >= 4 is 27.3 Å². The second kappa shape index (κ2) is 6.53. The van der Waals surface area contributed by atoms with Crippen LogP contribution in [0.3, 0.4) is 0 Å². The van der Waals surface area contributed by atoms with Crippen LogP contribution in [0.2, 0.25) is 0 Å². The van der Waals surface area contributed by atoms with Crippen molar-refractivity contribution in [1.29, 1.82) is 0 Å². The van der Waals surface area contributed by atoms with Crippen LogP contribution in [-0.4, -0.2) is 12.0 Å². The van der Waals surface area contributed by atoms with Gasteiger partial charge in [0.15, 0.2) is 0 Å². The highest BCUT2D eigenvalue weighted by atomic mass is 79.9. The zero-order valence-corrected chi connectivity index (χ0v) is 12.7. The molecule has 0 radical (unpaired) electrons. The number of hydrogen-bond donors (Lipinski definition) is 1. The lowest BCUT2D eigenvalue weighted by Gasteiger charge is -2.11. The molecule has 110 valence electrons. The molecule has 0 bridgehead atoms. The van der Waals surface area contributed by atoms with E-state index in [9.17, 15) is 14.5 Å². The molecule has 0 fully saturated rings. The summed E-state index contributed by atoms with van der Waals surface area (Å²) in [5.41, 5.74) is 0.913. The lowest BCUT2D eigenvalue weighted by molar-refractivity contribution is -0.385. The van der Waals surface area contributed by atoms with Crippen molar-refractivity contribution in [1.82, 2.24) is 0 Å². The summed E-state index contributed by atoms with van der Waals surface area (Å²) in [6.45, 7) is 0.241. The van der Waals surface area contributed by atoms with Gasteiger partial charge in [-0.3, -0.25) is 10.1 Å². The van der Waals surface area contributed by atoms with E-state index < -0.39 is 10.7 Å². The number of hydrogen-bond acceptors (Lipinski definition) is 4. The van der Waals surface area contributed by atoms with Crippen LogP contribution in [0, 0.1) is 15.9 Å². The third-order valence-corrected chi connectivity index (χ3v) is 3.29. The van der Waals surface area contributed by atoms with Crippen molar-refractivity contribution in [2.45, 2.75) is 6.54 Å². The molecule has 0 heterocycles. The first kappa shape index (κ1) is 15.2. The van der Waals surface area contributed by atoms with E-state index in [-0.39, 0.29) is 12.2 Å². The quantitative estimate of drug-likeness (QED) is 0.647. The maximum atomic E-state index is 13.4. The summed E-state index contributed by atoms with van der Waals surface area (Å²) in [6, 6.07) is 8.90. The normalized spacial score (nSPS) is 10.2. The number of nitrogens with zero attached hydrogens (tertiary/aromatic N) is 1. The van der Waals surface area contributed by atoms with E-state index in [1.165, 1.54) is 12.1 Å². The Labute approximate surface area is 129 Å². The van der Waals surface area contributed by atoms with E-state index >= 15 is 0 Å². The maximum absolute atomic E-state index is 13.4. The van der Waals surface area contributed by atoms with Gasteiger partial charge >= 0.3 is 0 Å². The lowest BCUT2D eigenvalue weighted by Crippen LogP contribution is -2.02. The van der Waals surface area contributed by atoms with Crippen LogP contribution in [0.15, 0.2) is 40.9 Å². The lowest BCUT2D eigenvalue weighted by atomic mass is 10.2. The van der Waals surface area contributed by atoms with Crippen LogP contribution in [0.1, 0.15) is 5.56 Å². The Morgan fingerprint density at radius 3 is 2.76 bits per heavy atom. The number of benzene rings is 2. The van der Waals surface area contributed by atoms with Gasteiger partial charge in [-0.25, -0.2) is 4.39 Å². The van der Waals surface area contributed by atoms with Gasteiger partial charge in [0, 0.05) is 17.1 Å². The minimum atomic E-state index is -0.637. The third-order valence-electron chi connectivity index (χ3n) is 2.80. The first-order valence-electron chi connectivity index (χ1n) is 6.01. The van der Waals surface area contributed by atoms with Crippen LogP contribution in [0.4, 0.5) is 15.8 Å². The Bertz CT molecular complexity index is 679. The average Bonchev–Trinajstić information content (AvgIpc) is 2.44. The summed E-state index contributed by atoms with van der Waals surface area (Å²) in [5, 5.41) is 13.8. The first-order chi connectivity index (χ1) is 9.99. The molecule has 1 N–H and O–H groups in total. The number of anilines is 1. The minimum Gasteiger partial charge on any atom is -0.495 e. The van der Waals surface area contributed by atoms with E-state index in [0.29, 0.717) is 17.0 Å². The number of nitro benzene ring substituents is 1. The van der Waals surface area contributed by atoms with Gasteiger partial charge in [0.1, 0.15) is 11.6 Å². The molecule has 0 spiro atoms. The van der Waals surface area contributed by atoms with E-state index in [2.05, 4.69) is 21.2 Å². The molecular formula is C14H12BrFN2O3. The van der Waals surface area contributed by atoms with Crippen LogP contribution < -0.4 is 10.1 Å². The predicted octanol–water partition coefficient (Wildman–Crippen LogP) is 4.12. The molecule has 0 saturated carbocycles. The van der Waals surface area contributed by atoms with Crippen molar-refractivity contribution in [3.05, 3.63) is 62.4 Å². The van der Waals surface area contributed by atoms with Gasteiger partial charge < -0.3 is 10.1 Å². The van der Waals surface area contributed by atoms with Crippen molar-refractivity contribution < 1.29 is 14.1 Å². The average molecular weight is 355 g/mol. The number of rotatable bonds is 5. The highest BCUT2D eigenvalue weighted by Gasteiger charge is 2.10. The summed E-state index contributed by atoms with van der Waals surface area (Å²) in [7, 11) is 1.54. The molecule has 5 nitrogen and oxygen atoms in total. The highest BCUT2D eigenvalue weighted by molar-refractivity contribution is 9.10. The van der Waals surface area contributed by atoms with E-state index in [1.54, 1.807) is 13.2 Å². The van der Waals surface area contributed by atoms with Crippen molar-refractivity contribution in [2.24, 2.45) is 0 Å². The number of ether oxygens (including phenoxy) is 1. The minimum absolute atomic E-state index is 0.241. The molecule has 0 aliphatic heterocycles. The molecule has 0 unspecified atom stereocenters. The molecule has 0 aromatic heterocycles. The monoisotopic (exact) mass is 354 g/mol. The third kappa shape index (κ3) is 3.91. The predicted molar refractivity (Wildman–Crippen MR) is 81.1 cm³/mol. The van der Waals surface area contributed by atoms with E-state index in [1.807, 2.05) is 12.1 Å². The van der Waals surface area contributed by atoms with Gasteiger partial charge in [0.2, 0.25) is 0 Å². The molecular weight excluding hydrogens is 343 g/mol. The Hall–Kier alpha value is -2.15. The largest absolute Gasteiger partial charge is 0.495 e. The van der Waals surface area contributed by atoms with Crippen LogP contribution in [0.25, 0.3) is 0 Å². The van der Waals surface area contributed by atoms with Gasteiger partial charge in [0.25, 0.3) is 5.69 Å². The number of nitrogens with one attached hydrogen (secondary N) is 1. The van der Waals surface area contributed by atoms with Gasteiger partial charge in [0.05, 0.1) is 23.8 Å². The van der Waals surface area contributed by atoms with E-state index in [4.69, 9.17) is 4.74 Å². The first-order valence-corrected chi connectivity index (χ1v) is 6.80. The maximum Gasteiger partial charge on any atom is 0.272 e. The molecule has 0 saturated heterocycles. The van der Waals surface area contributed by atoms with Crippen molar-refractivity contribution in [3.8, 4) is 5.75 Å². The van der Waals surface area contributed by atoms with Gasteiger partial charge in [-0.05, 0) is 29.8 Å². The molecule has 7 heteroatoms. The summed E-state index contributed by atoms with van der Waals surface area (Å²) in [5.74, 6) is -0.00805. The fraction of sp³-hybridized carbons (Fsp3) is 0.143. The number of nitro groups is 1. The second-order valence-electron chi connectivity index (χ2n) is 4.27. The number of non-ortho nitro benzene ring substituents is 1. The van der Waals surface area contributed by atoms with Gasteiger partial charge in [-0.1, -0.05) is 15.9 Å². The van der Waals surface area contributed by atoms with Crippen molar-refractivity contribution in [3.63, 3.8) is 0 Å². The van der Waals surface area contributed by atoms with Crippen molar-refractivity contribution in [2.75, 3.05) is 12.4 Å². The van der Waals surface area contributed by atoms with Gasteiger partial charge in [-0.2, -0.15) is 0 Å². The standard InChI is InChI=1S/C14H12BrFN2O3/c1-21-14-3-2-10(15)6-13(14)17-8-9-4-11(16)7-12(5-9)18(19)20/h2-7,17H,8H2,1H3. The Morgan fingerprint density at radius 1 is 1.33 bits per heavy atom. The molecule has 2 aromatic carbocycles. The molecule has 0 atom stereocenters. The molecule has 0 amide bonds. The summed E-state index contributed by atoms with van der Waals surface area (Å²) in [4.78, 5) is 10.1. The topological polar surface area (TPSA) is 64.4 Å². The molecule has 0 aliphatic rings. The molecule has 0 aliphatic carbocycles. The zero-order chi connectivity index (χ0) is 15.4. The SMILES string of the molecule is COc1ccc(Br)cc1NCc1cc(F)cc([N+](=O)[O-])c1. The van der Waals surface area contributed by atoms with Gasteiger partial charge in [-0.15, -0.1) is 0 Å².